The maximum Gasteiger partial charge on any atom is 0.243 e. The number of sulfonamides is 1. The van der Waals surface area contributed by atoms with Crippen molar-refractivity contribution in [1.29, 1.82) is 0 Å². The fourth-order valence-electron chi connectivity index (χ4n) is 4.58. The SMILES string of the molecule is CCCCCc1ccc(NC(=O)CN(C)CC(=O)Nc2cccc(F)c2)cc1S(=O)(=O)N1CCCCCC1. The van der Waals surface area contributed by atoms with Crippen LogP contribution in [-0.4, -0.2) is 62.7 Å². The minimum Gasteiger partial charge on any atom is -0.325 e. The van der Waals surface area contributed by atoms with Gasteiger partial charge < -0.3 is 10.6 Å². The molecule has 38 heavy (non-hydrogen) atoms. The molecule has 208 valence electrons. The molecule has 0 unspecified atom stereocenters. The van der Waals surface area contributed by atoms with Crippen LogP contribution in [-0.2, 0) is 26.0 Å². The van der Waals surface area contributed by atoms with E-state index >= 15 is 0 Å². The Balaban J connectivity index is 1.67. The summed E-state index contributed by atoms with van der Waals surface area (Å²) in [5, 5.41) is 5.38. The molecular formula is C28H39FN4O4S. The summed E-state index contributed by atoms with van der Waals surface area (Å²) in [5.74, 6) is -1.21. The molecule has 0 bridgehead atoms. The third-order valence-corrected chi connectivity index (χ3v) is 8.50. The first-order chi connectivity index (χ1) is 18.2. The maximum atomic E-state index is 13.6. The van der Waals surface area contributed by atoms with Gasteiger partial charge in [-0.25, -0.2) is 12.8 Å². The number of unbranched alkanes of at least 4 members (excludes halogenated alkanes) is 2. The fourth-order valence-corrected chi connectivity index (χ4v) is 6.37. The second-order valence-corrected chi connectivity index (χ2v) is 11.8. The quantitative estimate of drug-likeness (QED) is 0.378. The monoisotopic (exact) mass is 546 g/mol. The van der Waals surface area contributed by atoms with Crippen molar-refractivity contribution in [3.8, 4) is 0 Å². The van der Waals surface area contributed by atoms with Gasteiger partial charge in [0.15, 0.2) is 0 Å². The highest BCUT2D eigenvalue weighted by Gasteiger charge is 2.28. The molecule has 2 N–H and O–H groups in total. The van der Waals surface area contributed by atoms with Crippen molar-refractivity contribution in [2.45, 2.75) is 63.2 Å². The highest BCUT2D eigenvalue weighted by Crippen LogP contribution is 2.27. The number of carbonyl (C=O) groups is 2. The third-order valence-electron chi connectivity index (χ3n) is 6.52. The lowest BCUT2D eigenvalue weighted by Crippen LogP contribution is -2.36. The minimum atomic E-state index is -3.69. The van der Waals surface area contributed by atoms with E-state index in [1.165, 1.54) is 23.1 Å². The van der Waals surface area contributed by atoms with E-state index in [-0.39, 0.29) is 29.8 Å². The number of carbonyl (C=O) groups excluding carboxylic acids is 2. The first kappa shape index (κ1) is 29.7. The van der Waals surface area contributed by atoms with Crippen LogP contribution >= 0.6 is 0 Å². The molecule has 2 aromatic carbocycles. The predicted octanol–water partition coefficient (Wildman–Crippen LogP) is 4.63. The average Bonchev–Trinajstić information content (AvgIpc) is 3.15. The van der Waals surface area contributed by atoms with E-state index in [0.717, 1.165) is 50.5 Å². The normalized spacial score (nSPS) is 14.7. The largest absolute Gasteiger partial charge is 0.325 e. The summed E-state index contributed by atoms with van der Waals surface area (Å²) in [6.45, 7) is 2.97. The van der Waals surface area contributed by atoms with Crippen LogP contribution in [0.15, 0.2) is 47.4 Å². The molecule has 0 aromatic heterocycles. The zero-order chi connectivity index (χ0) is 27.5. The van der Waals surface area contributed by atoms with Gasteiger partial charge >= 0.3 is 0 Å². The van der Waals surface area contributed by atoms with Gasteiger partial charge in [-0.05, 0) is 68.6 Å². The van der Waals surface area contributed by atoms with E-state index < -0.39 is 15.8 Å². The van der Waals surface area contributed by atoms with E-state index in [1.54, 1.807) is 35.6 Å². The summed E-state index contributed by atoms with van der Waals surface area (Å²) in [6.07, 6.45) is 7.36. The molecule has 1 aliphatic rings. The van der Waals surface area contributed by atoms with Gasteiger partial charge in [-0.15, -0.1) is 0 Å². The van der Waals surface area contributed by atoms with Gasteiger partial charge in [0.1, 0.15) is 5.82 Å². The lowest BCUT2D eigenvalue weighted by Gasteiger charge is -2.22. The molecule has 8 nitrogen and oxygen atoms in total. The summed E-state index contributed by atoms with van der Waals surface area (Å²) in [5.41, 5.74) is 1.51. The summed E-state index contributed by atoms with van der Waals surface area (Å²) in [4.78, 5) is 26.8. The third kappa shape index (κ3) is 8.89. The standard InChI is InChI=1S/C28H39FN4O4S/c1-3-4-7-11-22-14-15-25(19-26(22)38(36,37)33-16-8-5-6-9-17-33)31-28(35)21-32(2)20-27(34)30-24-13-10-12-23(29)18-24/h10,12-15,18-19H,3-9,11,16-17,20-21H2,1-2H3,(H,30,34)(H,31,35). The Kier molecular flexibility index (Phi) is 11.2. The van der Waals surface area contributed by atoms with Crippen LogP contribution in [0.5, 0.6) is 0 Å². The number of hydrogen-bond donors (Lipinski definition) is 2. The molecule has 0 radical (unpaired) electrons. The number of halogens is 1. The maximum absolute atomic E-state index is 13.6. The molecule has 0 atom stereocenters. The second-order valence-electron chi connectivity index (χ2n) is 9.88. The van der Waals surface area contributed by atoms with Crippen LogP contribution in [0, 0.1) is 5.82 Å². The van der Waals surface area contributed by atoms with Gasteiger partial charge in [-0.2, -0.15) is 4.31 Å². The predicted molar refractivity (Wildman–Crippen MR) is 148 cm³/mol. The first-order valence-corrected chi connectivity index (χ1v) is 14.8. The van der Waals surface area contributed by atoms with Gasteiger partial charge in [0, 0.05) is 24.5 Å². The number of benzene rings is 2. The number of aryl methyl sites for hydroxylation is 1. The van der Waals surface area contributed by atoms with Crippen molar-refractivity contribution < 1.29 is 22.4 Å². The lowest BCUT2D eigenvalue weighted by atomic mass is 10.1. The van der Waals surface area contributed by atoms with E-state index in [2.05, 4.69) is 17.6 Å². The molecule has 1 heterocycles. The van der Waals surface area contributed by atoms with Crippen molar-refractivity contribution in [1.82, 2.24) is 9.21 Å². The van der Waals surface area contributed by atoms with E-state index in [1.807, 2.05) is 0 Å². The number of hydrogen-bond acceptors (Lipinski definition) is 5. The number of anilines is 2. The smallest absolute Gasteiger partial charge is 0.243 e. The van der Waals surface area contributed by atoms with Crippen LogP contribution in [0.4, 0.5) is 15.8 Å². The molecule has 1 saturated heterocycles. The zero-order valence-electron chi connectivity index (χ0n) is 22.3. The molecule has 0 aliphatic carbocycles. The number of nitrogens with zero attached hydrogens (tertiary/aromatic N) is 2. The van der Waals surface area contributed by atoms with Crippen LogP contribution in [0.3, 0.4) is 0 Å². The van der Waals surface area contributed by atoms with Gasteiger partial charge in [0.2, 0.25) is 21.8 Å². The van der Waals surface area contributed by atoms with E-state index in [4.69, 9.17) is 0 Å². The Morgan fingerprint density at radius 3 is 2.16 bits per heavy atom. The lowest BCUT2D eigenvalue weighted by molar-refractivity contribution is -0.119. The molecule has 1 fully saturated rings. The molecule has 10 heteroatoms. The number of rotatable bonds is 12. The molecule has 0 spiro atoms. The topological polar surface area (TPSA) is 98.8 Å². The Labute approximate surface area is 225 Å². The number of amides is 2. The minimum absolute atomic E-state index is 0.0745. The molecular weight excluding hydrogens is 507 g/mol. The van der Waals surface area contributed by atoms with Crippen LogP contribution in [0.25, 0.3) is 0 Å². The summed E-state index contributed by atoms with van der Waals surface area (Å²) in [6, 6.07) is 10.7. The highest BCUT2D eigenvalue weighted by molar-refractivity contribution is 7.89. The van der Waals surface area contributed by atoms with Crippen molar-refractivity contribution in [2.75, 3.05) is 43.9 Å². The Morgan fingerprint density at radius 2 is 1.55 bits per heavy atom. The van der Waals surface area contributed by atoms with Crippen LogP contribution in [0.1, 0.15) is 57.4 Å². The van der Waals surface area contributed by atoms with Gasteiger partial charge in [-0.1, -0.05) is 44.7 Å². The molecule has 1 aliphatic heterocycles. The Morgan fingerprint density at radius 1 is 0.921 bits per heavy atom. The molecule has 2 aromatic rings. The number of nitrogens with one attached hydrogen (secondary N) is 2. The van der Waals surface area contributed by atoms with Gasteiger partial charge in [0.25, 0.3) is 0 Å². The Hall–Kier alpha value is -2.82. The van der Waals surface area contributed by atoms with Crippen LogP contribution < -0.4 is 10.6 Å². The van der Waals surface area contributed by atoms with Crippen molar-refractivity contribution in [2.24, 2.45) is 0 Å². The highest BCUT2D eigenvalue weighted by atomic mass is 32.2. The van der Waals surface area contributed by atoms with Crippen molar-refractivity contribution in [3.63, 3.8) is 0 Å². The van der Waals surface area contributed by atoms with Gasteiger partial charge in [0.05, 0.1) is 18.0 Å². The van der Waals surface area contributed by atoms with Crippen LogP contribution in [0.2, 0.25) is 0 Å². The summed E-state index contributed by atoms with van der Waals surface area (Å²) >= 11 is 0. The average molecular weight is 547 g/mol. The zero-order valence-corrected chi connectivity index (χ0v) is 23.2. The summed E-state index contributed by atoms with van der Waals surface area (Å²) < 4.78 is 42.2. The Bertz CT molecular complexity index is 1200. The fraction of sp³-hybridized carbons (Fsp3) is 0.500. The second kappa shape index (κ2) is 14.4. The van der Waals surface area contributed by atoms with Gasteiger partial charge in [-0.3, -0.25) is 14.5 Å². The van der Waals surface area contributed by atoms with E-state index in [9.17, 15) is 22.4 Å². The molecule has 3 rings (SSSR count). The van der Waals surface area contributed by atoms with Crippen molar-refractivity contribution >= 4 is 33.2 Å². The first-order valence-electron chi connectivity index (χ1n) is 13.4. The molecule has 2 amide bonds. The summed E-state index contributed by atoms with van der Waals surface area (Å²) in [7, 11) is -2.07. The van der Waals surface area contributed by atoms with Crippen molar-refractivity contribution in [3.05, 3.63) is 53.8 Å². The number of likely N-dealkylation sites (N-methyl/N-ethyl adjacent to an activating group) is 1. The molecule has 0 saturated carbocycles. The van der Waals surface area contributed by atoms with E-state index in [0.29, 0.717) is 30.9 Å².